The molecular formula is C13H13NOS. The van der Waals surface area contributed by atoms with Crippen LogP contribution >= 0.6 is 11.8 Å². The molecule has 2 nitrogen and oxygen atoms in total. The zero-order chi connectivity index (χ0) is 10.8. The average Bonchev–Trinajstić information content (AvgIpc) is 2.82. The summed E-state index contributed by atoms with van der Waals surface area (Å²) in [4.78, 5) is 4.33. The molecule has 0 saturated carbocycles. The molecule has 1 fully saturated rings. The molecule has 1 aliphatic heterocycles. The molecule has 0 radical (unpaired) electrons. The van der Waals surface area contributed by atoms with E-state index >= 15 is 0 Å². The largest absolute Gasteiger partial charge is 0.489 e. The van der Waals surface area contributed by atoms with Gasteiger partial charge in [0, 0.05) is 17.3 Å². The minimum atomic E-state index is 0.371. The SMILES string of the molecule is c1ccc2c(OC3CCSC3)ccnc2c1. The summed E-state index contributed by atoms with van der Waals surface area (Å²) < 4.78 is 6.03. The number of nitrogens with zero attached hydrogens (tertiary/aromatic N) is 1. The first-order valence-electron chi connectivity index (χ1n) is 5.51. The fraction of sp³-hybridized carbons (Fsp3) is 0.308. The maximum absolute atomic E-state index is 6.03. The van der Waals surface area contributed by atoms with Crippen molar-refractivity contribution in [3.8, 4) is 5.75 Å². The van der Waals surface area contributed by atoms with E-state index in [-0.39, 0.29) is 0 Å². The smallest absolute Gasteiger partial charge is 0.130 e. The Hall–Kier alpha value is -1.22. The molecule has 0 spiro atoms. The van der Waals surface area contributed by atoms with Gasteiger partial charge in [0.15, 0.2) is 0 Å². The Morgan fingerprint density at radius 1 is 1.25 bits per heavy atom. The summed E-state index contributed by atoms with van der Waals surface area (Å²) in [5.41, 5.74) is 1.01. The number of rotatable bonds is 2. The zero-order valence-corrected chi connectivity index (χ0v) is 9.74. The highest BCUT2D eigenvalue weighted by molar-refractivity contribution is 7.99. The van der Waals surface area contributed by atoms with Crippen LogP contribution in [0.25, 0.3) is 10.9 Å². The van der Waals surface area contributed by atoms with Gasteiger partial charge in [0.05, 0.1) is 5.52 Å². The van der Waals surface area contributed by atoms with Gasteiger partial charge in [-0.1, -0.05) is 12.1 Å². The van der Waals surface area contributed by atoms with Crippen LogP contribution in [0.3, 0.4) is 0 Å². The second kappa shape index (κ2) is 4.34. The predicted molar refractivity (Wildman–Crippen MR) is 68.1 cm³/mol. The average molecular weight is 231 g/mol. The number of hydrogen-bond acceptors (Lipinski definition) is 3. The number of benzene rings is 1. The summed E-state index contributed by atoms with van der Waals surface area (Å²) in [7, 11) is 0. The molecule has 1 unspecified atom stereocenters. The maximum Gasteiger partial charge on any atom is 0.130 e. The normalized spacial score (nSPS) is 20.1. The minimum absolute atomic E-state index is 0.371. The third-order valence-electron chi connectivity index (χ3n) is 2.79. The van der Waals surface area contributed by atoms with Crippen LogP contribution in [-0.2, 0) is 0 Å². The van der Waals surface area contributed by atoms with Crippen molar-refractivity contribution in [3.63, 3.8) is 0 Å². The van der Waals surface area contributed by atoms with Crippen LogP contribution in [0.4, 0.5) is 0 Å². The summed E-state index contributed by atoms with van der Waals surface area (Å²) in [6.45, 7) is 0. The van der Waals surface area contributed by atoms with Crippen molar-refractivity contribution >= 4 is 22.7 Å². The highest BCUT2D eigenvalue weighted by Crippen LogP contribution is 2.28. The van der Waals surface area contributed by atoms with E-state index in [4.69, 9.17) is 4.74 Å². The van der Waals surface area contributed by atoms with Gasteiger partial charge in [-0.15, -0.1) is 0 Å². The van der Waals surface area contributed by atoms with E-state index < -0.39 is 0 Å². The third kappa shape index (κ3) is 1.87. The predicted octanol–water partition coefficient (Wildman–Crippen LogP) is 3.12. The molecule has 2 aromatic rings. The lowest BCUT2D eigenvalue weighted by atomic mass is 10.2. The van der Waals surface area contributed by atoms with Crippen molar-refractivity contribution in [1.29, 1.82) is 0 Å². The second-order valence-electron chi connectivity index (χ2n) is 3.93. The Morgan fingerprint density at radius 3 is 3.06 bits per heavy atom. The molecule has 1 aliphatic rings. The van der Waals surface area contributed by atoms with Gasteiger partial charge < -0.3 is 4.74 Å². The first-order chi connectivity index (χ1) is 7.93. The fourth-order valence-electron chi connectivity index (χ4n) is 1.96. The topological polar surface area (TPSA) is 22.1 Å². The van der Waals surface area contributed by atoms with Gasteiger partial charge in [-0.05, 0) is 30.4 Å². The van der Waals surface area contributed by atoms with E-state index in [1.807, 2.05) is 42.2 Å². The molecule has 3 heteroatoms. The van der Waals surface area contributed by atoms with Crippen LogP contribution < -0.4 is 4.74 Å². The summed E-state index contributed by atoms with van der Waals surface area (Å²) in [5.74, 6) is 3.29. The molecule has 82 valence electrons. The van der Waals surface area contributed by atoms with Gasteiger partial charge in [0.25, 0.3) is 0 Å². The molecule has 3 rings (SSSR count). The molecule has 16 heavy (non-hydrogen) atoms. The number of pyridine rings is 1. The Labute approximate surface area is 99.0 Å². The van der Waals surface area contributed by atoms with E-state index in [2.05, 4.69) is 11.1 Å². The Kier molecular flexibility index (Phi) is 2.70. The van der Waals surface area contributed by atoms with Crippen molar-refractivity contribution in [2.24, 2.45) is 0 Å². The first-order valence-corrected chi connectivity index (χ1v) is 6.67. The summed E-state index contributed by atoms with van der Waals surface area (Å²) in [6.07, 6.45) is 3.34. The van der Waals surface area contributed by atoms with Crippen molar-refractivity contribution in [2.45, 2.75) is 12.5 Å². The van der Waals surface area contributed by atoms with Gasteiger partial charge in [-0.25, -0.2) is 0 Å². The van der Waals surface area contributed by atoms with Gasteiger partial charge in [0.1, 0.15) is 11.9 Å². The van der Waals surface area contributed by atoms with Gasteiger partial charge in [0.2, 0.25) is 0 Å². The molecule has 1 aromatic heterocycles. The lowest BCUT2D eigenvalue weighted by Gasteiger charge is -2.13. The lowest BCUT2D eigenvalue weighted by molar-refractivity contribution is 0.232. The highest BCUT2D eigenvalue weighted by atomic mass is 32.2. The zero-order valence-electron chi connectivity index (χ0n) is 8.93. The van der Waals surface area contributed by atoms with Crippen LogP contribution in [0.15, 0.2) is 36.5 Å². The third-order valence-corrected chi connectivity index (χ3v) is 3.92. The molecule has 0 bridgehead atoms. The van der Waals surface area contributed by atoms with Crippen molar-refractivity contribution in [2.75, 3.05) is 11.5 Å². The monoisotopic (exact) mass is 231 g/mol. The van der Waals surface area contributed by atoms with E-state index in [1.165, 1.54) is 5.75 Å². The van der Waals surface area contributed by atoms with E-state index in [9.17, 15) is 0 Å². The van der Waals surface area contributed by atoms with Gasteiger partial charge >= 0.3 is 0 Å². The first kappa shape index (κ1) is 9.97. The molecule has 1 saturated heterocycles. The number of thioether (sulfide) groups is 1. The van der Waals surface area contributed by atoms with Crippen molar-refractivity contribution in [1.82, 2.24) is 4.98 Å². The van der Waals surface area contributed by atoms with Crippen molar-refractivity contribution in [3.05, 3.63) is 36.5 Å². The van der Waals surface area contributed by atoms with Crippen LogP contribution in [0, 0.1) is 0 Å². The minimum Gasteiger partial charge on any atom is -0.489 e. The van der Waals surface area contributed by atoms with Crippen LogP contribution in [-0.4, -0.2) is 22.6 Å². The Bertz CT molecular complexity index is 489. The molecular weight excluding hydrogens is 218 g/mol. The summed E-state index contributed by atoms with van der Waals surface area (Å²) in [5, 5.41) is 1.11. The number of fused-ring (bicyclic) bond motifs is 1. The van der Waals surface area contributed by atoms with Gasteiger partial charge in [-0.3, -0.25) is 4.98 Å². The molecule has 0 N–H and O–H groups in total. The maximum atomic E-state index is 6.03. The quantitative estimate of drug-likeness (QED) is 0.792. The summed E-state index contributed by atoms with van der Waals surface area (Å²) >= 11 is 1.97. The molecule has 2 heterocycles. The standard InChI is InChI=1S/C13H13NOS/c1-2-4-12-11(3-1)13(5-7-14-12)15-10-6-8-16-9-10/h1-5,7,10H,6,8-9H2. The molecule has 0 amide bonds. The fourth-order valence-corrected chi connectivity index (χ4v) is 3.05. The van der Waals surface area contributed by atoms with Crippen molar-refractivity contribution < 1.29 is 4.74 Å². The van der Waals surface area contributed by atoms with Crippen LogP contribution in [0.2, 0.25) is 0 Å². The number of aromatic nitrogens is 1. The Morgan fingerprint density at radius 2 is 2.19 bits per heavy atom. The van der Waals surface area contributed by atoms with E-state index in [1.54, 1.807) is 0 Å². The van der Waals surface area contributed by atoms with Crippen LogP contribution in [0.1, 0.15) is 6.42 Å². The van der Waals surface area contributed by atoms with E-state index in [0.29, 0.717) is 6.10 Å². The highest BCUT2D eigenvalue weighted by Gasteiger charge is 2.17. The van der Waals surface area contributed by atoms with Crippen LogP contribution in [0.5, 0.6) is 5.75 Å². The molecule has 1 aromatic carbocycles. The lowest BCUT2D eigenvalue weighted by Crippen LogP contribution is -2.14. The molecule has 0 aliphatic carbocycles. The Balaban J connectivity index is 1.96. The van der Waals surface area contributed by atoms with Gasteiger partial charge in [-0.2, -0.15) is 11.8 Å². The second-order valence-corrected chi connectivity index (χ2v) is 5.08. The van der Waals surface area contributed by atoms with E-state index in [0.717, 1.165) is 28.8 Å². The number of ether oxygens (including phenoxy) is 1. The summed E-state index contributed by atoms with van der Waals surface area (Å²) in [6, 6.07) is 10.1. The molecule has 1 atom stereocenters. The number of para-hydroxylation sites is 1. The number of hydrogen-bond donors (Lipinski definition) is 0.